The minimum Gasteiger partial charge on any atom is -0.367 e. The summed E-state index contributed by atoms with van der Waals surface area (Å²) in [7, 11) is 0. The fourth-order valence-electron chi connectivity index (χ4n) is 2.50. The van der Waals surface area contributed by atoms with E-state index in [0.29, 0.717) is 6.04 Å². The second-order valence-electron chi connectivity index (χ2n) is 5.81. The molecule has 0 unspecified atom stereocenters. The summed E-state index contributed by atoms with van der Waals surface area (Å²) in [5.74, 6) is 0.170. The predicted octanol–water partition coefficient (Wildman–Crippen LogP) is 2.62. The molecule has 0 saturated carbocycles. The lowest BCUT2D eigenvalue weighted by Crippen LogP contribution is -2.48. The van der Waals surface area contributed by atoms with Gasteiger partial charge in [0.2, 0.25) is 5.91 Å². The minimum absolute atomic E-state index is 0.170. The monoisotopic (exact) mass is 353 g/mol. The molecule has 1 aromatic rings. The summed E-state index contributed by atoms with van der Waals surface area (Å²) in [6.45, 7) is 10.2. The van der Waals surface area contributed by atoms with E-state index in [1.807, 2.05) is 4.90 Å². The summed E-state index contributed by atoms with van der Waals surface area (Å²) in [5.41, 5.74) is 2.49. The SMILES string of the molecule is CC(=O)N1CCN(c2ccc(CNC(C)C)cc2Br)CC1. The summed E-state index contributed by atoms with van der Waals surface area (Å²) in [6.07, 6.45) is 0. The van der Waals surface area contributed by atoms with Gasteiger partial charge in [-0.3, -0.25) is 4.79 Å². The summed E-state index contributed by atoms with van der Waals surface area (Å²) in [4.78, 5) is 15.6. The van der Waals surface area contributed by atoms with E-state index in [0.717, 1.165) is 37.2 Å². The zero-order valence-corrected chi connectivity index (χ0v) is 14.6. The van der Waals surface area contributed by atoms with E-state index in [9.17, 15) is 4.79 Å². The Labute approximate surface area is 135 Å². The summed E-state index contributed by atoms with van der Waals surface area (Å²) in [6, 6.07) is 7.02. The molecule has 0 aromatic heterocycles. The first-order chi connectivity index (χ1) is 9.97. The van der Waals surface area contributed by atoms with Gasteiger partial charge in [0.05, 0.1) is 5.69 Å². The molecule has 0 bridgehead atoms. The van der Waals surface area contributed by atoms with Crippen LogP contribution in [-0.2, 0) is 11.3 Å². The van der Waals surface area contributed by atoms with Crippen molar-refractivity contribution in [2.24, 2.45) is 0 Å². The van der Waals surface area contributed by atoms with Crippen molar-refractivity contribution in [3.63, 3.8) is 0 Å². The van der Waals surface area contributed by atoms with Crippen LogP contribution in [0.2, 0.25) is 0 Å². The number of nitrogens with one attached hydrogen (secondary N) is 1. The fraction of sp³-hybridized carbons (Fsp3) is 0.562. The van der Waals surface area contributed by atoms with Gasteiger partial charge in [0.25, 0.3) is 0 Å². The Morgan fingerprint density at radius 3 is 2.48 bits per heavy atom. The highest BCUT2D eigenvalue weighted by Crippen LogP contribution is 2.28. The molecule has 1 fully saturated rings. The Morgan fingerprint density at radius 2 is 1.95 bits per heavy atom. The number of benzene rings is 1. The first kappa shape index (κ1) is 16.3. The van der Waals surface area contributed by atoms with Gasteiger partial charge in [-0.1, -0.05) is 19.9 Å². The van der Waals surface area contributed by atoms with Gasteiger partial charge in [-0.05, 0) is 33.6 Å². The first-order valence-electron chi connectivity index (χ1n) is 7.49. The predicted molar refractivity (Wildman–Crippen MR) is 90.6 cm³/mol. The van der Waals surface area contributed by atoms with Gasteiger partial charge in [0.1, 0.15) is 0 Å². The maximum Gasteiger partial charge on any atom is 0.219 e. The standard InChI is InChI=1S/C16H24BrN3O/c1-12(2)18-11-14-4-5-16(15(17)10-14)20-8-6-19(7-9-20)13(3)21/h4-5,10,12,18H,6-9,11H2,1-3H3. The summed E-state index contributed by atoms with van der Waals surface area (Å²) < 4.78 is 1.13. The third-order valence-electron chi connectivity index (χ3n) is 3.79. The molecular formula is C16H24BrN3O. The molecule has 1 heterocycles. The molecule has 1 saturated heterocycles. The quantitative estimate of drug-likeness (QED) is 0.903. The van der Waals surface area contributed by atoms with Crippen LogP contribution in [0.25, 0.3) is 0 Å². The minimum atomic E-state index is 0.170. The lowest BCUT2D eigenvalue weighted by molar-refractivity contribution is -0.129. The van der Waals surface area contributed by atoms with Crippen molar-refractivity contribution in [3.8, 4) is 0 Å². The molecular weight excluding hydrogens is 330 g/mol. The Hall–Kier alpha value is -1.07. The molecule has 0 radical (unpaired) electrons. The van der Waals surface area contributed by atoms with Gasteiger partial charge in [0.15, 0.2) is 0 Å². The zero-order chi connectivity index (χ0) is 15.4. The van der Waals surface area contributed by atoms with Gasteiger partial charge in [-0.15, -0.1) is 0 Å². The number of halogens is 1. The lowest BCUT2D eigenvalue weighted by atomic mass is 10.1. The molecule has 1 aromatic carbocycles. The molecule has 5 heteroatoms. The molecule has 21 heavy (non-hydrogen) atoms. The molecule has 2 rings (SSSR count). The van der Waals surface area contributed by atoms with E-state index in [4.69, 9.17) is 0 Å². The van der Waals surface area contributed by atoms with Crippen molar-refractivity contribution in [2.75, 3.05) is 31.1 Å². The molecule has 116 valence electrons. The molecule has 1 aliphatic rings. The highest BCUT2D eigenvalue weighted by molar-refractivity contribution is 9.10. The van der Waals surface area contributed by atoms with Gasteiger partial charge in [0, 0.05) is 50.2 Å². The number of hydrogen-bond acceptors (Lipinski definition) is 3. The number of anilines is 1. The second-order valence-corrected chi connectivity index (χ2v) is 6.67. The highest BCUT2D eigenvalue weighted by atomic mass is 79.9. The second kappa shape index (κ2) is 7.27. The van der Waals surface area contributed by atoms with E-state index in [1.165, 1.54) is 11.3 Å². The number of carbonyl (C=O) groups is 1. The Morgan fingerprint density at radius 1 is 1.29 bits per heavy atom. The van der Waals surface area contributed by atoms with Crippen LogP contribution in [0.3, 0.4) is 0 Å². The van der Waals surface area contributed by atoms with Crippen LogP contribution in [-0.4, -0.2) is 43.0 Å². The zero-order valence-electron chi connectivity index (χ0n) is 13.0. The van der Waals surface area contributed by atoms with Crippen LogP contribution >= 0.6 is 15.9 Å². The summed E-state index contributed by atoms with van der Waals surface area (Å²) >= 11 is 3.68. The lowest BCUT2D eigenvalue weighted by Gasteiger charge is -2.36. The molecule has 1 aliphatic heterocycles. The fourth-order valence-corrected chi connectivity index (χ4v) is 3.18. The maximum atomic E-state index is 11.4. The third kappa shape index (κ3) is 4.45. The van der Waals surface area contributed by atoms with Gasteiger partial charge in [-0.25, -0.2) is 0 Å². The number of hydrogen-bond donors (Lipinski definition) is 1. The van der Waals surface area contributed by atoms with Crippen molar-refractivity contribution in [3.05, 3.63) is 28.2 Å². The average molecular weight is 354 g/mol. The number of piperazine rings is 1. The van der Waals surface area contributed by atoms with Crippen molar-refractivity contribution >= 4 is 27.5 Å². The topological polar surface area (TPSA) is 35.6 Å². The average Bonchev–Trinajstić information content (AvgIpc) is 2.45. The Bertz CT molecular complexity index is 496. The van der Waals surface area contributed by atoms with E-state index in [-0.39, 0.29) is 5.91 Å². The molecule has 0 aliphatic carbocycles. The Balaban J connectivity index is 1.99. The van der Waals surface area contributed by atoms with Crippen molar-refractivity contribution in [1.29, 1.82) is 0 Å². The molecule has 1 N–H and O–H groups in total. The van der Waals surface area contributed by atoms with Crippen LogP contribution in [0.5, 0.6) is 0 Å². The highest BCUT2D eigenvalue weighted by Gasteiger charge is 2.20. The van der Waals surface area contributed by atoms with Crippen LogP contribution in [0.1, 0.15) is 26.3 Å². The van der Waals surface area contributed by atoms with Crippen LogP contribution < -0.4 is 10.2 Å². The van der Waals surface area contributed by atoms with E-state index in [2.05, 4.69) is 58.2 Å². The van der Waals surface area contributed by atoms with E-state index >= 15 is 0 Å². The first-order valence-corrected chi connectivity index (χ1v) is 8.29. The molecule has 0 spiro atoms. The van der Waals surface area contributed by atoms with Crippen LogP contribution in [0.4, 0.5) is 5.69 Å². The number of rotatable bonds is 4. The van der Waals surface area contributed by atoms with Gasteiger partial charge in [-0.2, -0.15) is 0 Å². The van der Waals surface area contributed by atoms with Gasteiger partial charge < -0.3 is 15.1 Å². The largest absolute Gasteiger partial charge is 0.367 e. The maximum absolute atomic E-state index is 11.4. The van der Waals surface area contributed by atoms with Crippen LogP contribution in [0, 0.1) is 0 Å². The number of amides is 1. The van der Waals surface area contributed by atoms with E-state index in [1.54, 1.807) is 6.92 Å². The van der Waals surface area contributed by atoms with E-state index < -0.39 is 0 Å². The third-order valence-corrected chi connectivity index (χ3v) is 4.43. The smallest absolute Gasteiger partial charge is 0.219 e. The number of carbonyl (C=O) groups excluding carboxylic acids is 1. The normalized spacial score (nSPS) is 15.7. The van der Waals surface area contributed by atoms with Crippen molar-refractivity contribution in [2.45, 2.75) is 33.4 Å². The van der Waals surface area contributed by atoms with Crippen molar-refractivity contribution in [1.82, 2.24) is 10.2 Å². The van der Waals surface area contributed by atoms with Crippen LogP contribution in [0.15, 0.2) is 22.7 Å². The molecule has 1 amide bonds. The molecule has 4 nitrogen and oxygen atoms in total. The Kier molecular flexibility index (Phi) is 5.65. The molecule has 0 atom stereocenters. The van der Waals surface area contributed by atoms with Gasteiger partial charge >= 0.3 is 0 Å². The van der Waals surface area contributed by atoms with Crippen molar-refractivity contribution < 1.29 is 4.79 Å². The summed E-state index contributed by atoms with van der Waals surface area (Å²) in [5, 5.41) is 3.43. The number of nitrogens with zero attached hydrogens (tertiary/aromatic N) is 2.